The first-order valence-corrected chi connectivity index (χ1v) is 10.0. The summed E-state index contributed by atoms with van der Waals surface area (Å²) < 4.78 is 5.07. The average Bonchev–Trinajstić information content (AvgIpc) is 2.64. The molecule has 0 bridgehead atoms. The van der Waals surface area contributed by atoms with Crippen molar-refractivity contribution in [3.63, 3.8) is 0 Å². The molecule has 0 spiro atoms. The molecule has 166 valence electrons. The zero-order chi connectivity index (χ0) is 22.4. The van der Waals surface area contributed by atoms with Crippen molar-refractivity contribution in [1.82, 2.24) is 10.7 Å². The molecule has 1 aromatic rings. The van der Waals surface area contributed by atoms with Crippen molar-refractivity contribution in [2.75, 3.05) is 11.9 Å². The van der Waals surface area contributed by atoms with Gasteiger partial charge in [0.2, 0.25) is 11.8 Å². The normalized spacial score (nSPS) is 11.2. The van der Waals surface area contributed by atoms with Crippen molar-refractivity contribution in [3.05, 3.63) is 24.3 Å². The summed E-state index contributed by atoms with van der Waals surface area (Å²) in [5, 5.41) is 18.5. The van der Waals surface area contributed by atoms with Crippen LogP contribution in [0.2, 0.25) is 0 Å². The Hall–Kier alpha value is -3.10. The highest BCUT2D eigenvalue weighted by Crippen LogP contribution is 2.21. The lowest BCUT2D eigenvalue weighted by Gasteiger charge is -2.19. The van der Waals surface area contributed by atoms with Crippen LogP contribution in [-0.2, 0) is 14.3 Å². The molecule has 0 saturated carbocycles. The van der Waals surface area contributed by atoms with Gasteiger partial charge in [0.15, 0.2) is 0 Å². The standard InChI is InChI=1S/C21H32N4O5/c1-21(2,3)30-20(29)22-14-15-23-25-19(28)13-7-5-4-6-12-18(27)24-16-10-8-9-11-17(16)26/h8-11,15,26H,4-7,12-14H2,1-3H3,(H,22,29)(H,24,27)(H,25,28)/b23-15+. The van der Waals surface area contributed by atoms with Gasteiger partial charge in [-0.3, -0.25) is 9.59 Å². The van der Waals surface area contributed by atoms with E-state index in [4.69, 9.17) is 4.74 Å². The summed E-state index contributed by atoms with van der Waals surface area (Å²) in [6.07, 6.45) is 4.57. The third-order valence-electron chi connectivity index (χ3n) is 3.75. The number of rotatable bonds is 11. The van der Waals surface area contributed by atoms with E-state index in [0.29, 0.717) is 31.4 Å². The van der Waals surface area contributed by atoms with E-state index in [1.807, 2.05) is 0 Å². The number of hydrogen-bond acceptors (Lipinski definition) is 6. The average molecular weight is 421 g/mol. The molecule has 0 aromatic heterocycles. The Morgan fingerprint density at radius 3 is 2.30 bits per heavy atom. The maximum Gasteiger partial charge on any atom is 0.407 e. The molecule has 9 heteroatoms. The van der Waals surface area contributed by atoms with E-state index in [1.54, 1.807) is 39.0 Å². The van der Waals surface area contributed by atoms with Crippen LogP contribution in [0.4, 0.5) is 10.5 Å². The van der Waals surface area contributed by atoms with Crippen LogP contribution in [0.1, 0.15) is 59.3 Å². The topological polar surface area (TPSA) is 129 Å². The molecule has 0 unspecified atom stereocenters. The smallest absolute Gasteiger partial charge is 0.407 e. The molecule has 0 heterocycles. The van der Waals surface area contributed by atoms with Gasteiger partial charge in [0.05, 0.1) is 12.2 Å². The number of hydrogen-bond donors (Lipinski definition) is 4. The van der Waals surface area contributed by atoms with Gasteiger partial charge in [-0.2, -0.15) is 5.10 Å². The quantitative estimate of drug-likeness (QED) is 0.189. The number of benzene rings is 1. The maximum atomic E-state index is 11.9. The van der Waals surface area contributed by atoms with Gasteiger partial charge in [-0.25, -0.2) is 10.2 Å². The minimum Gasteiger partial charge on any atom is -0.506 e. The molecule has 30 heavy (non-hydrogen) atoms. The predicted molar refractivity (Wildman–Crippen MR) is 115 cm³/mol. The number of unbranched alkanes of at least 4 members (excludes halogenated alkanes) is 3. The molecule has 0 atom stereocenters. The Morgan fingerprint density at radius 2 is 1.67 bits per heavy atom. The lowest BCUT2D eigenvalue weighted by Crippen LogP contribution is -2.33. The van der Waals surface area contributed by atoms with Crippen LogP contribution in [0.5, 0.6) is 5.75 Å². The van der Waals surface area contributed by atoms with Crippen molar-refractivity contribution in [3.8, 4) is 5.75 Å². The molecule has 4 N–H and O–H groups in total. The fourth-order valence-corrected chi connectivity index (χ4v) is 2.38. The van der Waals surface area contributed by atoms with E-state index < -0.39 is 11.7 Å². The van der Waals surface area contributed by atoms with Crippen LogP contribution in [0.3, 0.4) is 0 Å². The number of carbonyl (C=O) groups excluding carboxylic acids is 3. The van der Waals surface area contributed by atoms with Crippen molar-refractivity contribution in [1.29, 1.82) is 0 Å². The van der Waals surface area contributed by atoms with E-state index in [2.05, 4.69) is 21.2 Å². The highest BCUT2D eigenvalue weighted by atomic mass is 16.6. The lowest BCUT2D eigenvalue weighted by molar-refractivity contribution is -0.121. The highest BCUT2D eigenvalue weighted by Gasteiger charge is 2.15. The van der Waals surface area contributed by atoms with Crippen LogP contribution in [0.15, 0.2) is 29.4 Å². The van der Waals surface area contributed by atoms with Gasteiger partial charge < -0.3 is 20.5 Å². The Balaban J connectivity index is 2.03. The van der Waals surface area contributed by atoms with E-state index in [-0.39, 0.29) is 24.1 Å². The molecule has 0 fully saturated rings. The second-order valence-corrected chi connectivity index (χ2v) is 7.71. The van der Waals surface area contributed by atoms with Crippen LogP contribution in [0.25, 0.3) is 0 Å². The number of nitrogens with zero attached hydrogens (tertiary/aromatic N) is 1. The van der Waals surface area contributed by atoms with Gasteiger partial charge in [-0.15, -0.1) is 0 Å². The first-order chi connectivity index (χ1) is 14.2. The SMILES string of the molecule is CC(C)(C)OC(=O)NC/C=N/NC(=O)CCCCCCC(=O)Nc1ccccc1O. The van der Waals surface area contributed by atoms with Crippen LogP contribution >= 0.6 is 0 Å². The fourth-order valence-electron chi connectivity index (χ4n) is 2.38. The molecule has 9 nitrogen and oxygen atoms in total. The minimum absolute atomic E-state index is 0.0418. The van der Waals surface area contributed by atoms with Crippen molar-refractivity contribution in [2.24, 2.45) is 5.10 Å². The zero-order valence-electron chi connectivity index (χ0n) is 17.9. The molecule has 0 radical (unpaired) electrons. The first-order valence-electron chi connectivity index (χ1n) is 10.0. The number of nitrogens with one attached hydrogen (secondary N) is 3. The summed E-state index contributed by atoms with van der Waals surface area (Å²) in [6.45, 7) is 5.46. The summed E-state index contributed by atoms with van der Waals surface area (Å²) in [7, 11) is 0. The van der Waals surface area contributed by atoms with Crippen LogP contribution in [-0.4, -0.2) is 41.4 Å². The maximum absolute atomic E-state index is 11.9. The summed E-state index contributed by atoms with van der Waals surface area (Å²) >= 11 is 0. The Bertz CT molecular complexity index is 728. The predicted octanol–water partition coefficient (Wildman–Crippen LogP) is 3.30. The summed E-state index contributed by atoms with van der Waals surface area (Å²) in [5.74, 6) is -0.315. The number of phenols is 1. The number of anilines is 1. The first kappa shape index (κ1) is 24.9. The van der Waals surface area contributed by atoms with Gasteiger partial charge >= 0.3 is 6.09 Å². The van der Waals surface area contributed by atoms with Gasteiger partial charge in [-0.1, -0.05) is 25.0 Å². The molecule has 1 rings (SSSR count). The number of carbonyl (C=O) groups is 3. The second-order valence-electron chi connectivity index (χ2n) is 7.71. The van der Waals surface area contributed by atoms with Crippen molar-refractivity contribution < 1.29 is 24.2 Å². The fraction of sp³-hybridized carbons (Fsp3) is 0.524. The van der Waals surface area contributed by atoms with Gasteiger partial charge in [0, 0.05) is 19.1 Å². The number of alkyl carbamates (subject to hydrolysis) is 1. The Kier molecular flexibility index (Phi) is 11.0. The van der Waals surface area contributed by atoms with Crippen LogP contribution in [0, 0.1) is 0 Å². The van der Waals surface area contributed by atoms with E-state index in [1.165, 1.54) is 12.3 Å². The highest BCUT2D eigenvalue weighted by molar-refractivity contribution is 5.92. The molecule has 0 saturated heterocycles. The van der Waals surface area contributed by atoms with E-state index >= 15 is 0 Å². The van der Waals surface area contributed by atoms with Gasteiger partial charge in [0.1, 0.15) is 11.4 Å². The third kappa shape index (κ3) is 12.4. The summed E-state index contributed by atoms with van der Waals surface area (Å²) in [4.78, 5) is 34.9. The Labute approximate surface area is 177 Å². The molecule has 0 aliphatic rings. The lowest BCUT2D eigenvalue weighted by atomic mass is 10.1. The zero-order valence-corrected chi connectivity index (χ0v) is 17.9. The van der Waals surface area contributed by atoms with Crippen molar-refractivity contribution in [2.45, 2.75) is 64.9 Å². The van der Waals surface area contributed by atoms with E-state index in [9.17, 15) is 19.5 Å². The van der Waals surface area contributed by atoms with Crippen molar-refractivity contribution >= 4 is 29.8 Å². The monoisotopic (exact) mass is 420 g/mol. The number of aromatic hydroxyl groups is 1. The molecule has 3 amide bonds. The molecule has 1 aromatic carbocycles. The van der Waals surface area contributed by atoms with Gasteiger partial charge in [-0.05, 0) is 45.7 Å². The minimum atomic E-state index is -0.565. The molecular formula is C21H32N4O5. The number of para-hydroxylation sites is 2. The molecule has 0 aliphatic heterocycles. The summed E-state index contributed by atoms with van der Waals surface area (Å²) in [6, 6.07) is 6.58. The Morgan fingerprint density at radius 1 is 1.03 bits per heavy atom. The van der Waals surface area contributed by atoms with E-state index in [0.717, 1.165) is 12.8 Å². The number of amides is 3. The second kappa shape index (κ2) is 13.2. The van der Waals surface area contributed by atoms with Gasteiger partial charge in [0.25, 0.3) is 0 Å². The third-order valence-corrected chi connectivity index (χ3v) is 3.75. The van der Waals surface area contributed by atoms with Crippen LogP contribution < -0.4 is 16.1 Å². The largest absolute Gasteiger partial charge is 0.506 e. The molecule has 0 aliphatic carbocycles. The number of hydrazone groups is 1. The summed E-state index contributed by atoms with van der Waals surface area (Å²) in [5.41, 5.74) is 2.24. The number of phenolic OH excluding ortho intramolecular Hbond substituents is 1. The number of ether oxygens (including phenoxy) is 1. The molecular weight excluding hydrogens is 388 g/mol.